The number of benzene rings is 2. The number of hydrogen-bond acceptors (Lipinski definition) is 4. The molecule has 138 valence electrons. The first kappa shape index (κ1) is 19.6. The number of nitrogens with one attached hydrogen (secondary N) is 1. The molecule has 2 rings (SSSR count). The maximum Gasteiger partial charge on any atom is 0.274 e. The molecule has 2 aromatic rings. The van der Waals surface area contributed by atoms with E-state index in [2.05, 4.69) is 28.9 Å². The molecule has 0 radical (unpaired) electrons. The van der Waals surface area contributed by atoms with Crippen molar-refractivity contribution in [3.05, 3.63) is 59.7 Å². The summed E-state index contributed by atoms with van der Waals surface area (Å²) in [7, 11) is 1.70. The summed E-state index contributed by atoms with van der Waals surface area (Å²) in [5, 5.41) is 8.69. The quantitative estimate of drug-likeness (QED) is 0.261. The van der Waals surface area contributed by atoms with Gasteiger partial charge in [-0.1, -0.05) is 18.2 Å². The summed E-state index contributed by atoms with van der Waals surface area (Å²) < 4.78 is 5.18. The largest absolute Gasteiger partial charge is 0.385 e. The Morgan fingerprint density at radius 2 is 1.88 bits per heavy atom. The maximum atomic E-state index is 11.4. The van der Waals surface area contributed by atoms with Gasteiger partial charge in [-0.2, -0.15) is 0 Å². The SMILES string of the molecule is COCCCN(C(C)=Nc1ccc(C(=O)NO)cc1)c1ccccc1C. The van der Waals surface area contributed by atoms with Gasteiger partial charge >= 0.3 is 0 Å². The van der Waals surface area contributed by atoms with Crippen LogP contribution in [0.5, 0.6) is 0 Å². The molecule has 0 aromatic heterocycles. The van der Waals surface area contributed by atoms with Crippen LogP contribution in [0.2, 0.25) is 0 Å². The smallest absolute Gasteiger partial charge is 0.274 e. The van der Waals surface area contributed by atoms with Gasteiger partial charge in [0, 0.05) is 31.5 Å². The highest BCUT2D eigenvalue weighted by atomic mass is 16.5. The van der Waals surface area contributed by atoms with Crippen LogP contribution < -0.4 is 10.4 Å². The molecule has 26 heavy (non-hydrogen) atoms. The van der Waals surface area contributed by atoms with Crippen molar-refractivity contribution in [2.45, 2.75) is 20.3 Å². The van der Waals surface area contributed by atoms with Crippen LogP contribution in [0, 0.1) is 6.92 Å². The Morgan fingerprint density at radius 1 is 1.19 bits per heavy atom. The molecule has 6 nitrogen and oxygen atoms in total. The molecular formula is C20H25N3O3. The summed E-state index contributed by atoms with van der Waals surface area (Å²) in [6.45, 7) is 5.52. The Morgan fingerprint density at radius 3 is 2.50 bits per heavy atom. The minimum Gasteiger partial charge on any atom is -0.385 e. The van der Waals surface area contributed by atoms with Crippen molar-refractivity contribution in [2.24, 2.45) is 4.99 Å². The van der Waals surface area contributed by atoms with Gasteiger partial charge in [-0.25, -0.2) is 10.5 Å². The van der Waals surface area contributed by atoms with E-state index >= 15 is 0 Å². The first-order valence-electron chi connectivity index (χ1n) is 8.48. The number of hydroxylamine groups is 1. The van der Waals surface area contributed by atoms with E-state index in [1.165, 1.54) is 5.56 Å². The highest BCUT2D eigenvalue weighted by molar-refractivity contribution is 5.98. The van der Waals surface area contributed by atoms with E-state index in [0.717, 1.165) is 30.2 Å². The summed E-state index contributed by atoms with van der Waals surface area (Å²) in [6, 6.07) is 14.9. The number of anilines is 1. The van der Waals surface area contributed by atoms with Crippen molar-refractivity contribution in [1.82, 2.24) is 5.48 Å². The lowest BCUT2D eigenvalue weighted by Gasteiger charge is -2.26. The Bertz CT molecular complexity index is 757. The molecule has 6 heteroatoms. The fraction of sp³-hybridized carbons (Fsp3) is 0.300. The number of nitrogens with zero attached hydrogens (tertiary/aromatic N) is 2. The third-order valence-corrected chi connectivity index (χ3v) is 4.05. The van der Waals surface area contributed by atoms with E-state index < -0.39 is 5.91 Å². The molecule has 0 atom stereocenters. The van der Waals surface area contributed by atoms with E-state index in [9.17, 15) is 4.79 Å². The molecule has 0 aliphatic rings. The van der Waals surface area contributed by atoms with Crippen molar-refractivity contribution in [1.29, 1.82) is 0 Å². The first-order chi connectivity index (χ1) is 12.6. The molecule has 0 saturated heterocycles. The van der Waals surface area contributed by atoms with Crippen LogP contribution in [0.1, 0.15) is 29.3 Å². The minimum atomic E-state index is -0.543. The molecule has 0 aliphatic carbocycles. The lowest BCUT2D eigenvalue weighted by molar-refractivity contribution is 0.0706. The first-order valence-corrected chi connectivity index (χ1v) is 8.48. The summed E-state index contributed by atoms with van der Waals surface area (Å²) >= 11 is 0. The summed E-state index contributed by atoms with van der Waals surface area (Å²) in [5.74, 6) is 0.313. The molecule has 0 aliphatic heterocycles. The van der Waals surface area contributed by atoms with Gasteiger partial charge in [0.25, 0.3) is 5.91 Å². The van der Waals surface area contributed by atoms with Gasteiger partial charge in [-0.3, -0.25) is 10.0 Å². The predicted octanol–water partition coefficient (Wildman–Crippen LogP) is 3.71. The third-order valence-electron chi connectivity index (χ3n) is 4.05. The van der Waals surface area contributed by atoms with E-state index in [-0.39, 0.29) is 0 Å². The summed E-state index contributed by atoms with van der Waals surface area (Å²) in [4.78, 5) is 18.3. The average Bonchev–Trinajstić information content (AvgIpc) is 2.66. The zero-order chi connectivity index (χ0) is 18.9. The van der Waals surface area contributed by atoms with Crippen molar-refractivity contribution in [2.75, 3.05) is 25.2 Å². The zero-order valence-corrected chi connectivity index (χ0v) is 15.4. The summed E-state index contributed by atoms with van der Waals surface area (Å²) in [5.41, 5.74) is 5.02. The normalized spacial score (nSPS) is 11.3. The average molecular weight is 355 g/mol. The van der Waals surface area contributed by atoms with Crippen LogP contribution in [0.25, 0.3) is 0 Å². The number of ether oxygens (including phenoxy) is 1. The second kappa shape index (κ2) is 9.70. The highest BCUT2D eigenvalue weighted by Gasteiger charge is 2.12. The molecule has 0 heterocycles. The standard InChI is InChI=1S/C20H25N3O3/c1-15-7-4-5-8-19(15)23(13-6-14-26-3)16(2)21-18-11-9-17(10-12-18)20(24)22-25/h4-5,7-12,25H,6,13-14H2,1-3H3,(H,22,24). The number of rotatable bonds is 7. The van der Waals surface area contributed by atoms with Gasteiger partial charge in [0.05, 0.1) is 5.69 Å². The number of amidine groups is 1. The van der Waals surface area contributed by atoms with Crippen molar-refractivity contribution in [3.63, 3.8) is 0 Å². The number of aryl methyl sites for hydroxylation is 1. The fourth-order valence-corrected chi connectivity index (χ4v) is 2.69. The molecule has 0 fully saturated rings. The number of carbonyl (C=O) groups excluding carboxylic acids is 1. The lowest BCUT2D eigenvalue weighted by Crippen LogP contribution is -2.31. The third kappa shape index (κ3) is 5.15. The maximum absolute atomic E-state index is 11.4. The van der Waals surface area contributed by atoms with Crippen LogP contribution >= 0.6 is 0 Å². The molecular weight excluding hydrogens is 330 g/mol. The van der Waals surface area contributed by atoms with E-state index in [0.29, 0.717) is 12.2 Å². The van der Waals surface area contributed by atoms with Gasteiger partial charge in [0.15, 0.2) is 0 Å². The zero-order valence-electron chi connectivity index (χ0n) is 15.4. The topological polar surface area (TPSA) is 74.2 Å². The van der Waals surface area contributed by atoms with Gasteiger partial charge in [-0.15, -0.1) is 0 Å². The molecule has 0 saturated carbocycles. The van der Waals surface area contributed by atoms with Crippen LogP contribution in [0.4, 0.5) is 11.4 Å². The van der Waals surface area contributed by atoms with Crippen molar-refractivity contribution < 1.29 is 14.7 Å². The number of carbonyl (C=O) groups is 1. The Labute approximate surface area is 154 Å². The number of para-hydroxylation sites is 1. The second-order valence-corrected chi connectivity index (χ2v) is 5.93. The second-order valence-electron chi connectivity index (χ2n) is 5.93. The van der Waals surface area contributed by atoms with E-state index in [4.69, 9.17) is 9.94 Å². The van der Waals surface area contributed by atoms with Gasteiger partial charge in [0.1, 0.15) is 5.84 Å². The van der Waals surface area contributed by atoms with Gasteiger partial charge < -0.3 is 9.64 Å². The Kier molecular flexibility index (Phi) is 7.32. The number of amides is 1. The van der Waals surface area contributed by atoms with Crippen LogP contribution in [0.3, 0.4) is 0 Å². The molecule has 0 bridgehead atoms. The van der Waals surface area contributed by atoms with Crippen LogP contribution in [-0.4, -0.2) is 37.2 Å². The fourth-order valence-electron chi connectivity index (χ4n) is 2.69. The Balaban J connectivity index is 2.27. The minimum absolute atomic E-state index is 0.375. The van der Waals surface area contributed by atoms with Crippen LogP contribution in [0.15, 0.2) is 53.5 Å². The lowest BCUT2D eigenvalue weighted by atomic mass is 10.1. The van der Waals surface area contributed by atoms with Gasteiger partial charge in [-0.05, 0) is 56.2 Å². The molecule has 0 unspecified atom stereocenters. The molecule has 2 aromatic carbocycles. The highest BCUT2D eigenvalue weighted by Crippen LogP contribution is 2.22. The van der Waals surface area contributed by atoms with Gasteiger partial charge in [0.2, 0.25) is 0 Å². The Hall–Kier alpha value is -2.70. The van der Waals surface area contributed by atoms with Crippen molar-refractivity contribution >= 4 is 23.1 Å². The number of aliphatic imine (C=N–C) groups is 1. The van der Waals surface area contributed by atoms with Crippen molar-refractivity contribution in [3.8, 4) is 0 Å². The predicted molar refractivity (Wildman–Crippen MR) is 103 cm³/mol. The monoisotopic (exact) mass is 355 g/mol. The van der Waals surface area contributed by atoms with E-state index in [1.54, 1.807) is 36.9 Å². The van der Waals surface area contributed by atoms with E-state index in [1.807, 2.05) is 19.1 Å². The number of methoxy groups -OCH3 is 1. The molecule has 1 amide bonds. The molecule has 2 N–H and O–H groups in total. The number of hydrogen-bond donors (Lipinski definition) is 2. The summed E-state index contributed by atoms with van der Waals surface area (Å²) in [6.07, 6.45) is 0.882. The molecule has 0 spiro atoms. The van der Waals surface area contributed by atoms with Crippen LogP contribution in [-0.2, 0) is 4.74 Å².